The molecular formula is C10H21N3O2S. The molecule has 0 aliphatic rings. The number of amidine groups is 1. The molecule has 6 heteroatoms. The minimum absolute atomic E-state index is 0.394. The van der Waals surface area contributed by atoms with Gasteiger partial charge in [-0.05, 0) is 33.4 Å². The lowest BCUT2D eigenvalue weighted by molar-refractivity contribution is 0.0527. The Kier molecular flexibility index (Phi) is 6.96. The van der Waals surface area contributed by atoms with E-state index in [4.69, 9.17) is 10.5 Å². The largest absolute Gasteiger partial charge is 0.444 e. The number of rotatable bonds is 4. The number of carbonyl (C=O) groups excluding carboxylic acids is 1. The first-order chi connectivity index (χ1) is 7.35. The van der Waals surface area contributed by atoms with Crippen LogP contribution in [0.5, 0.6) is 0 Å². The number of carbonyl (C=O) groups is 1. The molecular weight excluding hydrogens is 226 g/mol. The van der Waals surface area contributed by atoms with Crippen LogP contribution < -0.4 is 11.1 Å². The second-order valence-electron chi connectivity index (χ2n) is 4.21. The lowest BCUT2D eigenvalue weighted by Crippen LogP contribution is -2.33. The number of nitrogens with two attached hydrogens (primary N) is 1. The molecule has 0 saturated heterocycles. The zero-order valence-corrected chi connectivity index (χ0v) is 11.2. The van der Waals surface area contributed by atoms with Crippen molar-refractivity contribution in [3.8, 4) is 0 Å². The lowest BCUT2D eigenvalue weighted by Gasteiger charge is -2.19. The van der Waals surface area contributed by atoms with Gasteiger partial charge in [-0.25, -0.2) is 4.79 Å². The Balaban J connectivity index is 3.56. The highest BCUT2D eigenvalue weighted by Crippen LogP contribution is 2.06. The summed E-state index contributed by atoms with van der Waals surface area (Å²) in [5.74, 6) is 0. The molecule has 94 valence electrons. The van der Waals surface area contributed by atoms with Crippen molar-refractivity contribution in [3.63, 3.8) is 0 Å². The average molecular weight is 247 g/mol. The lowest BCUT2D eigenvalue weighted by atomic mass is 10.2. The van der Waals surface area contributed by atoms with E-state index in [1.807, 2.05) is 27.0 Å². The van der Waals surface area contributed by atoms with Gasteiger partial charge in [0.05, 0.1) is 0 Å². The monoisotopic (exact) mass is 247 g/mol. The van der Waals surface area contributed by atoms with Crippen LogP contribution in [-0.4, -0.2) is 36.2 Å². The third kappa shape index (κ3) is 9.64. The maximum Gasteiger partial charge on any atom is 0.407 e. The van der Waals surface area contributed by atoms with Gasteiger partial charge in [-0.15, -0.1) is 0 Å². The smallest absolute Gasteiger partial charge is 0.407 e. The van der Waals surface area contributed by atoms with E-state index in [2.05, 4.69) is 10.3 Å². The van der Waals surface area contributed by atoms with Crippen LogP contribution in [0.25, 0.3) is 0 Å². The zero-order valence-electron chi connectivity index (χ0n) is 10.4. The number of ether oxygens (including phenoxy) is 1. The van der Waals surface area contributed by atoms with Gasteiger partial charge >= 0.3 is 6.09 Å². The fourth-order valence-corrected chi connectivity index (χ4v) is 1.06. The highest BCUT2D eigenvalue weighted by atomic mass is 32.2. The van der Waals surface area contributed by atoms with Gasteiger partial charge in [0.15, 0.2) is 5.17 Å². The summed E-state index contributed by atoms with van der Waals surface area (Å²) in [5, 5.41) is 3.22. The van der Waals surface area contributed by atoms with Crippen LogP contribution in [0.15, 0.2) is 4.99 Å². The SMILES string of the molecule is CSC(N)=NCCCNC(=O)OC(C)(C)C. The van der Waals surface area contributed by atoms with Crippen LogP contribution in [0.3, 0.4) is 0 Å². The molecule has 0 aromatic rings. The predicted molar refractivity (Wildman–Crippen MR) is 68.9 cm³/mol. The average Bonchev–Trinajstić information content (AvgIpc) is 2.14. The Bertz CT molecular complexity index is 249. The van der Waals surface area contributed by atoms with Gasteiger partial charge in [0.1, 0.15) is 5.60 Å². The molecule has 0 aromatic carbocycles. The van der Waals surface area contributed by atoms with Crippen molar-refractivity contribution in [1.82, 2.24) is 5.32 Å². The molecule has 0 heterocycles. The molecule has 0 rings (SSSR count). The minimum atomic E-state index is -0.453. The minimum Gasteiger partial charge on any atom is -0.444 e. The molecule has 3 N–H and O–H groups in total. The third-order valence-electron chi connectivity index (χ3n) is 1.48. The van der Waals surface area contributed by atoms with E-state index in [1.54, 1.807) is 0 Å². The van der Waals surface area contributed by atoms with Gasteiger partial charge in [0.25, 0.3) is 0 Å². The first-order valence-electron chi connectivity index (χ1n) is 5.16. The summed E-state index contributed by atoms with van der Waals surface area (Å²) < 4.78 is 5.07. The van der Waals surface area contributed by atoms with E-state index >= 15 is 0 Å². The number of aliphatic imine (C=N–C) groups is 1. The maximum absolute atomic E-state index is 11.2. The molecule has 0 aliphatic heterocycles. The molecule has 5 nitrogen and oxygen atoms in total. The molecule has 16 heavy (non-hydrogen) atoms. The van der Waals surface area contributed by atoms with Gasteiger partial charge in [0.2, 0.25) is 0 Å². The summed E-state index contributed by atoms with van der Waals surface area (Å²) in [7, 11) is 0. The normalized spacial score (nSPS) is 12.4. The van der Waals surface area contributed by atoms with Gasteiger partial charge in [-0.2, -0.15) is 0 Å². The van der Waals surface area contributed by atoms with Crippen molar-refractivity contribution in [2.75, 3.05) is 19.3 Å². The van der Waals surface area contributed by atoms with Crippen molar-refractivity contribution >= 4 is 23.0 Å². The van der Waals surface area contributed by atoms with Crippen LogP contribution in [0.2, 0.25) is 0 Å². The fourth-order valence-electron chi connectivity index (χ4n) is 0.837. The fraction of sp³-hybridized carbons (Fsp3) is 0.800. The van der Waals surface area contributed by atoms with Crippen LogP contribution in [0.4, 0.5) is 4.79 Å². The van der Waals surface area contributed by atoms with E-state index in [1.165, 1.54) is 11.8 Å². The molecule has 1 amide bonds. The molecule has 0 unspecified atom stereocenters. The summed E-state index contributed by atoms with van der Waals surface area (Å²) in [6.07, 6.45) is 2.23. The number of hydrogen-bond donors (Lipinski definition) is 2. The van der Waals surface area contributed by atoms with Gasteiger partial charge in [0, 0.05) is 13.1 Å². The van der Waals surface area contributed by atoms with Crippen molar-refractivity contribution in [2.45, 2.75) is 32.8 Å². The van der Waals surface area contributed by atoms with Crippen molar-refractivity contribution < 1.29 is 9.53 Å². The second-order valence-corrected chi connectivity index (χ2v) is 5.03. The van der Waals surface area contributed by atoms with Crippen LogP contribution in [0.1, 0.15) is 27.2 Å². The number of alkyl carbamates (subject to hydrolysis) is 1. The van der Waals surface area contributed by atoms with Crippen molar-refractivity contribution in [2.24, 2.45) is 10.7 Å². The van der Waals surface area contributed by atoms with Crippen LogP contribution in [0, 0.1) is 0 Å². The standard InChI is InChI=1S/C10H21N3O2S/c1-10(2,3)15-9(14)13-7-5-6-12-8(11)16-4/h5-7H2,1-4H3,(H2,11,12)(H,13,14). The highest BCUT2D eigenvalue weighted by molar-refractivity contribution is 8.13. The molecule has 0 aliphatic carbocycles. The molecule has 0 fully saturated rings. The van der Waals surface area contributed by atoms with Crippen LogP contribution in [-0.2, 0) is 4.74 Å². The Morgan fingerprint density at radius 2 is 2.12 bits per heavy atom. The van der Waals surface area contributed by atoms with E-state index < -0.39 is 11.7 Å². The van der Waals surface area contributed by atoms with Gasteiger partial charge in [-0.1, -0.05) is 11.8 Å². The number of nitrogens with one attached hydrogen (secondary N) is 1. The Labute approximate surface area is 101 Å². The topological polar surface area (TPSA) is 76.7 Å². The summed E-state index contributed by atoms with van der Waals surface area (Å²) in [5.41, 5.74) is 5.05. The summed E-state index contributed by atoms with van der Waals surface area (Å²) in [6.45, 7) is 6.64. The quantitative estimate of drug-likeness (QED) is 0.449. The van der Waals surface area contributed by atoms with E-state index in [9.17, 15) is 4.79 Å². The number of hydrogen-bond acceptors (Lipinski definition) is 4. The number of nitrogens with zero attached hydrogens (tertiary/aromatic N) is 1. The Morgan fingerprint density at radius 3 is 2.62 bits per heavy atom. The predicted octanol–water partition coefficient (Wildman–Crippen LogP) is 1.58. The third-order valence-corrected chi connectivity index (χ3v) is 2.03. The molecule has 0 radical (unpaired) electrons. The molecule has 0 aromatic heterocycles. The molecule has 0 bridgehead atoms. The van der Waals surface area contributed by atoms with Gasteiger partial charge in [-0.3, -0.25) is 4.99 Å². The Morgan fingerprint density at radius 1 is 1.50 bits per heavy atom. The van der Waals surface area contributed by atoms with Crippen molar-refractivity contribution in [1.29, 1.82) is 0 Å². The maximum atomic E-state index is 11.2. The zero-order chi connectivity index (χ0) is 12.6. The van der Waals surface area contributed by atoms with E-state index in [-0.39, 0.29) is 0 Å². The summed E-state index contributed by atoms with van der Waals surface area (Å²) in [4.78, 5) is 15.3. The molecule has 0 atom stereocenters. The van der Waals surface area contributed by atoms with E-state index in [0.29, 0.717) is 18.3 Å². The first-order valence-corrected chi connectivity index (χ1v) is 6.38. The number of thioether (sulfide) groups is 1. The first kappa shape index (κ1) is 15.1. The van der Waals surface area contributed by atoms with E-state index in [0.717, 1.165) is 6.42 Å². The summed E-state index contributed by atoms with van der Waals surface area (Å²) in [6, 6.07) is 0. The molecule has 0 saturated carbocycles. The van der Waals surface area contributed by atoms with Crippen LogP contribution >= 0.6 is 11.8 Å². The number of amides is 1. The second kappa shape index (κ2) is 7.38. The Hall–Kier alpha value is -0.910. The highest BCUT2D eigenvalue weighted by Gasteiger charge is 2.15. The van der Waals surface area contributed by atoms with Gasteiger partial charge < -0.3 is 15.8 Å². The summed E-state index contributed by atoms with van der Waals surface area (Å²) >= 11 is 1.41. The van der Waals surface area contributed by atoms with Crippen molar-refractivity contribution in [3.05, 3.63) is 0 Å². The molecule has 0 spiro atoms.